The molecule has 5 nitrogen and oxygen atoms in total. The second-order valence-corrected chi connectivity index (χ2v) is 5.83. The summed E-state index contributed by atoms with van der Waals surface area (Å²) >= 11 is 0. The summed E-state index contributed by atoms with van der Waals surface area (Å²) < 4.78 is 10.7. The minimum absolute atomic E-state index is 0.103. The molecule has 5 heteroatoms. The number of ether oxygens (including phenoxy) is 2. The van der Waals surface area contributed by atoms with Crippen molar-refractivity contribution in [2.24, 2.45) is 0 Å². The van der Waals surface area contributed by atoms with Gasteiger partial charge in [-0.2, -0.15) is 0 Å². The van der Waals surface area contributed by atoms with Gasteiger partial charge in [-0.05, 0) is 41.8 Å². The third-order valence-corrected chi connectivity index (χ3v) is 4.21. The number of hydrogen-bond acceptors (Lipinski definition) is 4. The van der Waals surface area contributed by atoms with Gasteiger partial charge in [0.05, 0.1) is 18.5 Å². The number of para-hydroxylation sites is 1. The van der Waals surface area contributed by atoms with Gasteiger partial charge in [0.15, 0.2) is 11.5 Å². The van der Waals surface area contributed by atoms with Crippen LogP contribution in [0.25, 0.3) is 6.08 Å². The van der Waals surface area contributed by atoms with Crippen LogP contribution in [0.5, 0.6) is 11.5 Å². The molecule has 0 spiro atoms. The van der Waals surface area contributed by atoms with E-state index in [4.69, 9.17) is 21.6 Å². The van der Waals surface area contributed by atoms with Gasteiger partial charge in [-0.1, -0.05) is 24.1 Å². The van der Waals surface area contributed by atoms with Crippen molar-refractivity contribution >= 4 is 23.4 Å². The maximum absolute atomic E-state index is 12.6. The van der Waals surface area contributed by atoms with E-state index in [2.05, 4.69) is 5.92 Å². The molecule has 0 radical (unpaired) electrons. The van der Waals surface area contributed by atoms with Gasteiger partial charge in [0.2, 0.25) is 0 Å². The monoisotopic (exact) mass is 348 g/mol. The number of anilines is 2. The standard InChI is InChI=1S/C21H20N2O3/c1-3-13-26-18-9-7-15(14-19(18)25-2)8-10-20(24)23-12-11-16-5-4-6-17(22)21(16)23/h1,4-10,14H,11-13,22H2,2H3/b10-8+. The highest BCUT2D eigenvalue weighted by molar-refractivity contribution is 6.07. The first-order chi connectivity index (χ1) is 12.6. The van der Waals surface area contributed by atoms with Crippen LogP contribution in [-0.4, -0.2) is 26.2 Å². The lowest BCUT2D eigenvalue weighted by atomic mass is 10.1. The van der Waals surface area contributed by atoms with E-state index in [1.807, 2.05) is 24.3 Å². The molecule has 2 aromatic rings. The number of nitrogens with two attached hydrogens (primary N) is 1. The molecule has 0 bridgehead atoms. The highest BCUT2D eigenvalue weighted by atomic mass is 16.5. The molecular formula is C21H20N2O3. The number of nitrogen functional groups attached to an aromatic ring is 1. The molecular weight excluding hydrogens is 328 g/mol. The summed E-state index contributed by atoms with van der Waals surface area (Å²) in [5.41, 5.74) is 9.40. The van der Waals surface area contributed by atoms with Crippen molar-refractivity contribution < 1.29 is 14.3 Å². The van der Waals surface area contributed by atoms with E-state index in [1.165, 1.54) is 6.08 Å². The number of carbonyl (C=O) groups excluding carboxylic acids is 1. The van der Waals surface area contributed by atoms with Gasteiger partial charge in [-0.25, -0.2) is 0 Å². The third-order valence-electron chi connectivity index (χ3n) is 4.21. The first kappa shape index (κ1) is 17.4. The van der Waals surface area contributed by atoms with Crippen LogP contribution in [0.4, 0.5) is 11.4 Å². The molecule has 26 heavy (non-hydrogen) atoms. The molecule has 1 aliphatic heterocycles. The molecule has 0 aromatic heterocycles. The molecule has 1 aliphatic rings. The maximum atomic E-state index is 12.6. The van der Waals surface area contributed by atoms with Crippen molar-refractivity contribution in [3.05, 3.63) is 53.6 Å². The van der Waals surface area contributed by atoms with Crippen molar-refractivity contribution in [1.29, 1.82) is 0 Å². The van der Waals surface area contributed by atoms with Crippen LogP contribution in [0.1, 0.15) is 11.1 Å². The van der Waals surface area contributed by atoms with Crippen LogP contribution in [0, 0.1) is 12.3 Å². The van der Waals surface area contributed by atoms with Crippen molar-refractivity contribution in [1.82, 2.24) is 0 Å². The second-order valence-electron chi connectivity index (χ2n) is 5.83. The maximum Gasteiger partial charge on any atom is 0.251 e. The number of benzene rings is 2. The minimum atomic E-state index is -0.103. The Morgan fingerprint density at radius 1 is 1.35 bits per heavy atom. The van der Waals surface area contributed by atoms with Gasteiger partial charge >= 0.3 is 0 Å². The molecule has 2 N–H and O–H groups in total. The Bertz CT molecular complexity index is 897. The highest BCUT2D eigenvalue weighted by Crippen LogP contribution is 2.34. The van der Waals surface area contributed by atoms with Gasteiger partial charge < -0.3 is 20.1 Å². The van der Waals surface area contributed by atoms with Crippen LogP contribution in [0.2, 0.25) is 0 Å². The Hall–Kier alpha value is -3.39. The van der Waals surface area contributed by atoms with Crippen molar-refractivity contribution in [3.63, 3.8) is 0 Å². The predicted octanol–water partition coefficient (Wildman–Crippen LogP) is 2.89. The highest BCUT2D eigenvalue weighted by Gasteiger charge is 2.25. The van der Waals surface area contributed by atoms with E-state index in [1.54, 1.807) is 30.2 Å². The molecule has 3 rings (SSSR count). The molecule has 0 fully saturated rings. The Morgan fingerprint density at radius 2 is 2.19 bits per heavy atom. The van der Waals surface area contributed by atoms with E-state index < -0.39 is 0 Å². The van der Waals surface area contributed by atoms with Gasteiger partial charge in [0.25, 0.3) is 5.91 Å². The van der Waals surface area contributed by atoms with Crippen molar-refractivity contribution in [2.75, 3.05) is 30.9 Å². The largest absolute Gasteiger partial charge is 0.493 e. The molecule has 0 saturated carbocycles. The number of amides is 1. The van der Waals surface area contributed by atoms with Gasteiger partial charge in [-0.3, -0.25) is 4.79 Å². The first-order valence-corrected chi connectivity index (χ1v) is 8.25. The average Bonchev–Trinajstić information content (AvgIpc) is 3.10. The van der Waals surface area contributed by atoms with Crippen LogP contribution >= 0.6 is 0 Å². The van der Waals surface area contributed by atoms with Gasteiger partial charge in [-0.15, -0.1) is 6.42 Å². The van der Waals surface area contributed by atoms with Gasteiger partial charge in [0.1, 0.15) is 6.61 Å². The molecule has 2 aromatic carbocycles. The van der Waals surface area contributed by atoms with E-state index >= 15 is 0 Å². The fourth-order valence-electron chi connectivity index (χ4n) is 2.99. The summed E-state index contributed by atoms with van der Waals surface area (Å²) in [6.07, 6.45) is 9.30. The number of methoxy groups -OCH3 is 1. The van der Waals surface area contributed by atoms with Crippen molar-refractivity contribution in [3.8, 4) is 23.8 Å². The predicted molar refractivity (Wildman–Crippen MR) is 103 cm³/mol. The second kappa shape index (κ2) is 7.66. The summed E-state index contributed by atoms with van der Waals surface area (Å²) in [6.45, 7) is 0.800. The first-order valence-electron chi connectivity index (χ1n) is 8.25. The van der Waals surface area contributed by atoms with E-state index in [0.29, 0.717) is 23.7 Å². The van der Waals surface area contributed by atoms with Crippen LogP contribution in [0.3, 0.4) is 0 Å². The number of terminal acetylenes is 1. The Kier molecular flexibility index (Phi) is 5.14. The van der Waals surface area contributed by atoms with E-state index in [9.17, 15) is 4.79 Å². The number of rotatable bonds is 5. The lowest BCUT2D eigenvalue weighted by Crippen LogP contribution is -2.27. The molecule has 1 heterocycles. The van der Waals surface area contributed by atoms with E-state index in [0.717, 1.165) is 23.2 Å². The summed E-state index contributed by atoms with van der Waals surface area (Å²) in [5, 5.41) is 0. The van der Waals surface area contributed by atoms with Crippen LogP contribution in [-0.2, 0) is 11.2 Å². The molecule has 0 aliphatic carbocycles. The zero-order valence-corrected chi connectivity index (χ0v) is 14.6. The molecule has 0 unspecified atom stereocenters. The fourth-order valence-corrected chi connectivity index (χ4v) is 2.99. The Morgan fingerprint density at radius 3 is 2.96 bits per heavy atom. The number of fused-ring (bicyclic) bond motifs is 1. The number of carbonyl (C=O) groups is 1. The lowest BCUT2D eigenvalue weighted by Gasteiger charge is -2.17. The van der Waals surface area contributed by atoms with Gasteiger partial charge in [0, 0.05) is 12.6 Å². The minimum Gasteiger partial charge on any atom is -0.493 e. The summed E-state index contributed by atoms with van der Waals surface area (Å²) in [4.78, 5) is 14.3. The van der Waals surface area contributed by atoms with E-state index in [-0.39, 0.29) is 12.5 Å². The number of nitrogens with zero attached hydrogens (tertiary/aromatic N) is 1. The normalized spacial score (nSPS) is 12.7. The average molecular weight is 348 g/mol. The zero-order valence-electron chi connectivity index (χ0n) is 14.6. The summed E-state index contributed by atoms with van der Waals surface area (Å²) in [6, 6.07) is 11.1. The van der Waals surface area contributed by atoms with Crippen molar-refractivity contribution in [2.45, 2.75) is 6.42 Å². The molecule has 132 valence electrons. The Labute approximate surface area is 153 Å². The zero-order chi connectivity index (χ0) is 18.5. The fraction of sp³-hybridized carbons (Fsp3) is 0.190. The summed E-state index contributed by atoms with van der Waals surface area (Å²) in [7, 11) is 1.56. The smallest absolute Gasteiger partial charge is 0.251 e. The molecule has 0 atom stereocenters. The number of hydrogen-bond donors (Lipinski definition) is 1. The summed E-state index contributed by atoms with van der Waals surface area (Å²) in [5.74, 6) is 3.44. The Balaban J connectivity index is 1.77. The SMILES string of the molecule is C#CCOc1ccc(/C=C/C(=O)N2CCc3cccc(N)c32)cc1OC. The molecule has 0 saturated heterocycles. The molecule has 1 amide bonds. The quantitative estimate of drug-likeness (QED) is 0.513. The topological polar surface area (TPSA) is 64.8 Å². The lowest BCUT2D eigenvalue weighted by molar-refractivity contribution is -0.114. The van der Waals surface area contributed by atoms with Crippen LogP contribution < -0.4 is 20.1 Å². The third kappa shape index (κ3) is 3.50. The van der Waals surface area contributed by atoms with Crippen LogP contribution in [0.15, 0.2) is 42.5 Å².